The molecule has 0 aliphatic carbocycles. The molecule has 5 rings (SSSR count). The molecule has 156 valence electrons. The Balaban J connectivity index is 1.33. The van der Waals surface area contributed by atoms with Gasteiger partial charge in [-0.2, -0.15) is 5.11 Å². The van der Waals surface area contributed by atoms with E-state index in [0.29, 0.717) is 6.54 Å². The number of rotatable bonds is 3. The largest absolute Gasteiger partial charge is 0.372 e. The topological polar surface area (TPSA) is 81.6 Å². The number of nitrogens with zero attached hydrogens (tertiary/aromatic N) is 5. The normalized spacial score (nSPS) is 21.0. The Morgan fingerprint density at radius 3 is 2.47 bits per heavy atom. The van der Waals surface area contributed by atoms with Gasteiger partial charge in [-0.05, 0) is 55.5 Å². The monoisotopic (exact) mass is 403 g/mol. The average Bonchev–Trinajstić information content (AvgIpc) is 3.32. The van der Waals surface area contributed by atoms with Gasteiger partial charge in [0, 0.05) is 31.9 Å². The maximum Gasteiger partial charge on any atom is 0.176 e. The maximum atomic E-state index is 6.01. The van der Waals surface area contributed by atoms with Gasteiger partial charge in [0.1, 0.15) is 5.54 Å². The maximum absolute atomic E-state index is 6.01. The van der Waals surface area contributed by atoms with Crippen LogP contribution in [0.1, 0.15) is 31.2 Å². The summed E-state index contributed by atoms with van der Waals surface area (Å²) in [5.41, 5.74) is 4.14. The second kappa shape index (κ2) is 8.16. The Labute approximate surface area is 177 Å². The van der Waals surface area contributed by atoms with Crippen LogP contribution in [0.2, 0.25) is 0 Å². The molecule has 7 heteroatoms. The zero-order valence-electron chi connectivity index (χ0n) is 17.3. The zero-order valence-corrected chi connectivity index (χ0v) is 17.3. The number of azo groups is 1. The Kier molecular flexibility index (Phi) is 5.23. The van der Waals surface area contributed by atoms with E-state index in [-0.39, 0.29) is 5.54 Å². The predicted octanol–water partition coefficient (Wildman–Crippen LogP) is 4.10. The summed E-state index contributed by atoms with van der Waals surface area (Å²) >= 11 is 0. The molecule has 0 radical (unpaired) electrons. The first-order chi connectivity index (χ1) is 14.7. The second-order valence-electron chi connectivity index (χ2n) is 8.46. The summed E-state index contributed by atoms with van der Waals surface area (Å²) in [6, 6.07) is 16.8. The van der Waals surface area contributed by atoms with Gasteiger partial charge in [-0.3, -0.25) is 5.84 Å². The summed E-state index contributed by atoms with van der Waals surface area (Å²) < 4.78 is 0. The number of nitrogens with two attached hydrogens (primary N) is 1. The van der Waals surface area contributed by atoms with Crippen molar-refractivity contribution in [3.05, 3.63) is 54.1 Å². The van der Waals surface area contributed by atoms with Crippen LogP contribution in [0, 0.1) is 0 Å². The number of fused-ring (bicyclic) bond motifs is 1. The molecule has 0 saturated carbocycles. The highest BCUT2D eigenvalue weighted by Gasteiger charge is 2.42. The molecule has 3 aliphatic heterocycles. The van der Waals surface area contributed by atoms with Crippen LogP contribution in [-0.4, -0.2) is 42.6 Å². The van der Waals surface area contributed by atoms with Gasteiger partial charge >= 0.3 is 0 Å². The average molecular weight is 404 g/mol. The number of piperidine rings is 1. The summed E-state index contributed by atoms with van der Waals surface area (Å²) in [6.07, 6.45) is 4.30. The summed E-state index contributed by atoms with van der Waals surface area (Å²) in [4.78, 5) is 7.32. The fraction of sp³-hybridized carbons (Fsp3) is 0.435. The van der Waals surface area contributed by atoms with Crippen LogP contribution in [0.25, 0.3) is 0 Å². The number of hydrogen-bond acceptors (Lipinski definition) is 7. The van der Waals surface area contributed by atoms with E-state index in [1.165, 1.54) is 18.5 Å². The number of nitrogens with one attached hydrogen (secondary N) is 1. The number of aliphatic imine (C=N–C) groups is 1. The lowest BCUT2D eigenvalue weighted by atomic mass is 9.85. The van der Waals surface area contributed by atoms with Crippen LogP contribution in [0.15, 0.2) is 63.8 Å². The van der Waals surface area contributed by atoms with E-state index in [4.69, 9.17) is 10.8 Å². The number of hydrogen-bond donors (Lipinski definition) is 2. The van der Waals surface area contributed by atoms with Crippen molar-refractivity contribution < 1.29 is 0 Å². The first kappa shape index (κ1) is 19.2. The van der Waals surface area contributed by atoms with Crippen molar-refractivity contribution in [2.45, 2.75) is 37.8 Å². The van der Waals surface area contributed by atoms with Gasteiger partial charge in [0.25, 0.3) is 0 Å². The van der Waals surface area contributed by atoms with E-state index in [0.717, 1.165) is 61.8 Å². The van der Waals surface area contributed by atoms with Crippen molar-refractivity contribution in [1.29, 1.82) is 0 Å². The molecule has 0 atom stereocenters. The molecule has 30 heavy (non-hydrogen) atoms. The molecule has 3 heterocycles. The molecule has 7 nitrogen and oxygen atoms in total. The first-order valence-electron chi connectivity index (χ1n) is 10.9. The molecule has 3 aliphatic rings. The molecule has 2 aromatic carbocycles. The lowest BCUT2D eigenvalue weighted by Gasteiger charge is -2.42. The Morgan fingerprint density at radius 2 is 1.70 bits per heavy atom. The third-order valence-corrected chi connectivity index (χ3v) is 6.41. The first-order valence-corrected chi connectivity index (χ1v) is 10.9. The number of amidine groups is 1. The minimum atomic E-state index is -0.298. The van der Waals surface area contributed by atoms with Gasteiger partial charge in [-0.15, -0.1) is 5.11 Å². The van der Waals surface area contributed by atoms with E-state index >= 15 is 0 Å². The van der Waals surface area contributed by atoms with E-state index < -0.39 is 0 Å². The van der Waals surface area contributed by atoms with Gasteiger partial charge < -0.3 is 10.2 Å². The third kappa shape index (κ3) is 3.82. The smallest absolute Gasteiger partial charge is 0.176 e. The van der Waals surface area contributed by atoms with E-state index in [9.17, 15) is 0 Å². The number of benzene rings is 2. The molecule has 2 saturated heterocycles. The molecule has 2 aromatic rings. The van der Waals surface area contributed by atoms with Crippen LogP contribution in [0.4, 0.5) is 17.1 Å². The lowest BCUT2D eigenvalue weighted by Crippen LogP contribution is -2.56. The highest BCUT2D eigenvalue weighted by molar-refractivity contribution is 6.00. The summed E-state index contributed by atoms with van der Waals surface area (Å²) in [5, 5.41) is 14.7. The molecular formula is C23H29N7. The van der Waals surface area contributed by atoms with Crippen molar-refractivity contribution >= 4 is 22.9 Å². The third-order valence-electron chi connectivity index (χ3n) is 6.41. The van der Waals surface area contributed by atoms with E-state index in [1.807, 2.05) is 23.2 Å². The van der Waals surface area contributed by atoms with Crippen LogP contribution >= 0.6 is 0 Å². The van der Waals surface area contributed by atoms with Gasteiger partial charge in [-0.1, -0.05) is 24.3 Å². The molecule has 0 unspecified atom stereocenters. The van der Waals surface area contributed by atoms with Crippen LogP contribution in [0.5, 0.6) is 0 Å². The van der Waals surface area contributed by atoms with E-state index in [1.54, 1.807) is 0 Å². The quantitative estimate of drug-likeness (QED) is 0.597. The standard InChI is InChI=1S/C23H29N7/c24-30-15-11-23(12-16-30)22(26-20-5-1-2-6-21(20)27-23)28-25-17-18-7-9-19(10-8-18)29-13-3-4-14-29/h1-2,5-10,27H,3-4,11-17,24H2. The van der Waals surface area contributed by atoms with Gasteiger partial charge in [0.05, 0.1) is 17.9 Å². The van der Waals surface area contributed by atoms with Crippen molar-refractivity contribution in [1.82, 2.24) is 5.01 Å². The molecule has 3 N–H and O–H groups in total. The summed E-state index contributed by atoms with van der Waals surface area (Å²) in [5.74, 6) is 6.77. The summed E-state index contributed by atoms with van der Waals surface area (Å²) in [7, 11) is 0. The number of anilines is 2. The second-order valence-corrected chi connectivity index (χ2v) is 8.46. The minimum Gasteiger partial charge on any atom is -0.372 e. The number of para-hydroxylation sites is 2. The fourth-order valence-electron chi connectivity index (χ4n) is 4.56. The van der Waals surface area contributed by atoms with Crippen LogP contribution in [0.3, 0.4) is 0 Å². The Bertz CT molecular complexity index is 936. The van der Waals surface area contributed by atoms with E-state index in [2.05, 4.69) is 50.8 Å². The lowest BCUT2D eigenvalue weighted by molar-refractivity contribution is 0.204. The van der Waals surface area contributed by atoms with Crippen LogP contribution in [-0.2, 0) is 6.54 Å². The van der Waals surface area contributed by atoms with Gasteiger partial charge in [0.2, 0.25) is 0 Å². The van der Waals surface area contributed by atoms with Gasteiger partial charge in [-0.25, -0.2) is 10.0 Å². The zero-order chi connectivity index (χ0) is 20.4. The Morgan fingerprint density at radius 1 is 0.967 bits per heavy atom. The molecule has 0 amide bonds. The van der Waals surface area contributed by atoms with Gasteiger partial charge in [0.15, 0.2) is 5.84 Å². The predicted molar refractivity (Wildman–Crippen MR) is 121 cm³/mol. The van der Waals surface area contributed by atoms with Crippen molar-refractivity contribution in [3.8, 4) is 0 Å². The molecule has 1 spiro atoms. The summed E-state index contributed by atoms with van der Waals surface area (Å²) in [6.45, 7) is 4.49. The van der Waals surface area contributed by atoms with Crippen molar-refractivity contribution in [3.63, 3.8) is 0 Å². The molecule has 0 bridgehead atoms. The van der Waals surface area contributed by atoms with Crippen molar-refractivity contribution in [2.24, 2.45) is 21.1 Å². The SMILES string of the molecule is NN1CCC2(CC1)Nc1ccccc1N=C2N=NCc1ccc(N2CCCC2)cc1. The molecule has 0 aromatic heterocycles. The van der Waals surface area contributed by atoms with Crippen molar-refractivity contribution in [2.75, 3.05) is 36.4 Å². The number of hydrazine groups is 1. The Hall–Kier alpha value is -2.77. The van der Waals surface area contributed by atoms with Crippen LogP contribution < -0.4 is 16.1 Å². The highest BCUT2D eigenvalue weighted by atomic mass is 15.4. The molecular weight excluding hydrogens is 374 g/mol. The highest BCUT2D eigenvalue weighted by Crippen LogP contribution is 2.38. The molecule has 2 fully saturated rings. The minimum absolute atomic E-state index is 0.298. The fourth-order valence-corrected chi connectivity index (χ4v) is 4.56.